The van der Waals surface area contributed by atoms with Crippen molar-refractivity contribution in [3.8, 4) is 0 Å². The molecule has 1 heterocycles. The molecule has 0 radical (unpaired) electrons. The van der Waals surface area contributed by atoms with Crippen molar-refractivity contribution in [2.75, 3.05) is 26.7 Å². The molecule has 0 saturated carbocycles. The number of halogens is 2. The third kappa shape index (κ3) is 8.57. The van der Waals surface area contributed by atoms with Crippen LogP contribution in [0, 0.1) is 5.82 Å². The van der Waals surface area contributed by atoms with E-state index in [1.807, 2.05) is 44.3 Å². The van der Waals surface area contributed by atoms with Crippen LogP contribution in [0.5, 0.6) is 0 Å². The summed E-state index contributed by atoms with van der Waals surface area (Å²) in [4.78, 5) is 11.0. The molecule has 7 heteroatoms. The highest BCUT2D eigenvalue weighted by Crippen LogP contribution is 2.05. The second-order valence-electron chi connectivity index (χ2n) is 5.81. The maximum absolute atomic E-state index is 12.9. The normalized spacial score (nSPS) is 11.2. The first-order valence-corrected chi connectivity index (χ1v) is 8.52. The number of benzene rings is 1. The van der Waals surface area contributed by atoms with Crippen molar-refractivity contribution in [3.63, 3.8) is 0 Å². The van der Waals surface area contributed by atoms with Crippen molar-refractivity contribution in [1.82, 2.24) is 20.5 Å². The van der Waals surface area contributed by atoms with Crippen LogP contribution in [0.25, 0.3) is 0 Å². The molecule has 0 spiro atoms. The summed E-state index contributed by atoms with van der Waals surface area (Å²) in [5.41, 5.74) is 2.03. The monoisotopic (exact) mass is 471 g/mol. The van der Waals surface area contributed by atoms with Gasteiger partial charge in [0.25, 0.3) is 0 Å². The van der Waals surface area contributed by atoms with Crippen LogP contribution < -0.4 is 10.6 Å². The molecule has 0 aliphatic rings. The second kappa shape index (κ2) is 12.6. The van der Waals surface area contributed by atoms with Crippen molar-refractivity contribution >= 4 is 29.9 Å². The van der Waals surface area contributed by atoms with Gasteiger partial charge in [-0.3, -0.25) is 4.98 Å². The SMILES string of the molecule is CCNC(=NCc1ccccn1)NCCN(C)Cc1ccc(F)cc1.I. The Morgan fingerprint density at radius 2 is 1.92 bits per heavy atom. The zero-order valence-corrected chi connectivity index (χ0v) is 17.6. The Bertz CT molecular complexity index is 649. The molecule has 2 N–H and O–H groups in total. The third-order valence-corrected chi connectivity index (χ3v) is 3.62. The zero-order chi connectivity index (χ0) is 17.9. The molecule has 2 aromatic rings. The Morgan fingerprint density at radius 1 is 1.15 bits per heavy atom. The van der Waals surface area contributed by atoms with Crippen molar-refractivity contribution < 1.29 is 4.39 Å². The van der Waals surface area contributed by atoms with E-state index >= 15 is 0 Å². The number of rotatable bonds is 8. The second-order valence-corrected chi connectivity index (χ2v) is 5.81. The van der Waals surface area contributed by atoms with Crippen molar-refractivity contribution in [3.05, 3.63) is 65.7 Å². The molecular formula is C19H27FIN5. The highest BCUT2D eigenvalue weighted by Gasteiger charge is 2.02. The van der Waals surface area contributed by atoms with E-state index in [1.54, 1.807) is 6.20 Å². The summed E-state index contributed by atoms with van der Waals surface area (Å²) in [6.07, 6.45) is 1.77. The minimum Gasteiger partial charge on any atom is -0.357 e. The van der Waals surface area contributed by atoms with Gasteiger partial charge in [0.1, 0.15) is 5.82 Å². The minimum absolute atomic E-state index is 0. The fourth-order valence-electron chi connectivity index (χ4n) is 2.34. The molecule has 0 bridgehead atoms. The quantitative estimate of drug-likeness (QED) is 0.353. The van der Waals surface area contributed by atoms with Gasteiger partial charge in [0.15, 0.2) is 5.96 Å². The van der Waals surface area contributed by atoms with E-state index in [9.17, 15) is 4.39 Å². The highest BCUT2D eigenvalue weighted by atomic mass is 127. The number of likely N-dealkylation sites (N-methyl/N-ethyl adjacent to an activating group) is 1. The summed E-state index contributed by atoms with van der Waals surface area (Å²) >= 11 is 0. The van der Waals surface area contributed by atoms with E-state index in [-0.39, 0.29) is 29.8 Å². The lowest BCUT2D eigenvalue weighted by atomic mass is 10.2. The van der Waals surface area contributed by atoms with E-state index in [1.165, 1.54) is 12.1 Å². The van der Waals surface area contributed by atoms with E-state index in [0.717, 1.165) is 43.4 Å². The predicted molar refractivity (Wildman–Crippen MR) is 115 cm³/mol. The van der Waals surface area contributed by atoms with E-state index < -0.39 is 0 Å². The van der Waals surface area contributed by atoms with Crippen molar-refractivity contribution in [2.45, 2.75) is 20.0 Å². The summed E-state index contributed by atoms with van der Waals surface area (Å²) in [6, 6.07) is 12.4. The Hall–Kier alpha value is -1.74. The number of pyridine rings is 1. The average Bonchev–Trinajstić information content (AvgIpc) is 2.62. The number of hydrogen-bond acceptors (Lipinski definition) is 3. The number of aromatic nitrogens is 1. The molecular weight excluding hydrogens is 444 g/mol. The number of nitrogens with zero attached hydrogens (tertiary/aromatic N) is 3. The first-order valence-electron chi connectivity index (χ1n) is 8.52. The van der Waals surface area contributed by atoms with E-state index in [0.29, 0.717) is 6.54 Å². The molecule has 0 atom stereocenters. The Balaban J connectivity index is 0.00000338. The topological polar surface area (TPSA) is 52.6 Å². The van der Waals surface area contributed by atoms with Gasteiger partial charge in [-0.25, -0.2) is 9.38 Å². The summed E-state index contributed by atoms with van der Waals surface area (Å²) in [7, 11) is 2.04. The molecule has 0 amide bonds. The van der Waals surface area contributed by atoms with Crippen LogP contribution in [-0.4, -0.2) is 42.5 Å². The summed E-state index contributed by atoms with van der Waals surface area (Å²) in [6.45, 7) is 5.79. The van der Waals surface area contributed by atoms with Crippen LogP contribution >= 0.6 is 24.0 Å². The van der Waals surface area contributed by atoms with Crippen LogP contribution in [-0.2, 0) is 13.1 Å². The zero-order valence-electron chi connectivity index (χ0n) is 15.3. The van der Waals surface area contributed by atoms with Crippen LogP contribution in [0.3, 0.4) is 0 Å². The maximum atomic E-state index is 12.9. The van der Waals surface area contributed by atoms with Gasteiger partial charge in [0.05, 0.1) is 12.2 Å². The number of nitrogens with one attached hydrogen (secondary N) is 2. The van der Waals surface area contributed by atoms with Gasteiger partial charge in [-0.15, -0.1) is 24.0 Å². The lowest BCUT2D eigenvalue weighted by Crippen LogP contribution is -2.40. The van der Waals surface area contributed by atoms with Crippen LogP contribution in [0.2, 0.25) is 0 Å². The standard InChI is InChI=1S/C19H26FN5.HI/c1-3-21-19(24-14-18-6-4-5-11-22-18)23-12-13-25(2)15-16-7-9-17(20)10-8-16;/h4-11H,3,12-15H2,1-2H3,(H2,21,23,24);1H. The molecule has 0 saturated heterocycles. The largest absolute Gasteiger partial charge is 0.357 e. The van der Waals surface area contributed by atoms with Gasteiger partial charge >= 0.3 is 0 Å². The fourth-order valence-corrected chi connectivity index (χ4v) is 2.34. The Morgan fingerprint density at radius 3 is 2.58 bits per heavy atom. The predicted octanol–water partition coefficient (Wildman–Crippen LogP) is 3.03. The molecule has 26 heavy (non-hydrogen) atoms. The lowest BCUT2D eigenvalue weighted by Gasteiger charge is -2.18. The van der Waals surface area contributed by atoms with Crippen LogP contribution in [0.4, 0.5) is 4.39 Å². The van der Waals surface area contributed by atoms with Crippen molar-refractivity contribution in [2.24, 2.45) is 4.99 Å². The van der Waals surface area contributed by atoms with Gasteiger partial charge in [-0.1, -0.05) is 18.2 Å². The third-order valence-electron chi connectivity index (χ3n) is 3.62. The fraction of sp³-hybridized carbons (Fsp3) is 0.368. The summed E-state index contributed by atoms with van der Waals surface area (Å²) < 4.78 is 12.9. The lowest BCUT2D eigenvalue weighted by molar-refractivity contribution is 0.331. The molecule has 0 fully saturated rings. The average molecular weight is 471 g/mol. The molecule has 0 unspecified atom stereocenters. The summed E-state index contributed by atoms with van der Waals surface area (Å²) in [5.74, 6) is 0.579. The van der Waals surface area contributed by atoms with E-state index in [4.69, 9.17) is 0 Å². The molecule has 142 valence electrons. The Labute approximate surface area is 172 Å². The van der Waals surface area contributed by atoms with Gasteiger partial charge in [0.2, 0.25) is 0 Å². The number of aliphatic imine (C=N–C) groups is 1. The number of hydrogen-bond donors (Lipinski definition) is 2. The van der Waals surface area contributed by atoms with E-state index in [2.05, 4.69) is 25.5 Å². The highest BCUT2D eigenvalue weighted by molar-refractivity contribution is 14.0. The first kappa shape index (κ1) is 22.3. The Kier molecular flexibility index (Phi) is 10.8. The molecule has 0 aliphatic carbocycles. The van der Waals surface area contributed by atoms with Gasteiger partial charge < -0.3 is 15.5 Å². The molecule has 2 rings (SSSR count). The van der Waals surface area contributed by atoms with Gasteiger partial charge in [-0.2, -0.15) is 0 Å². The molecule has 1 aromatic heterocycles. The molecule has 5 nitrogen and oxygen atoms in total. The first-order chi connectivity index (χ1) is 12.2. The minimum atomic E-state index is -0.201. The van der Waals surface area contributed by atoms with Gasteiger partial charge in [0, 0.05) is 32.4 Å². The maximum Gasteiger partial charge on any atom is 0.191 e. The van der Waals surface area contributed by atoms with Crippen LogP contribution in [0.15, 0.2) is 53.7 Å². The summed E-state index contributed by atoms with van der Waals surface area (Å²) in [5, 5.41) is 6.56. The van der Waals surface area contributed by atoms with Crippen LogP contribution in [0.1, 0.15) is 18.2 Å². The van der Waals surface area contributed by atoms with Gasteiger partial charge in [-0.05, 0) is 43.8 Å². The van der Waals surface area contributed by atoms with Crippen molar-refractivity contribution in [1.29, 1.82) is 0 Å². The number of guanidine groups is 1. The smallest absolute Gasteiger partial charge is 0.191 e. The molecule has 0 aliphatic heterocycles. The molecule has 1 aromatic carbocycles.